The molecule has 1 unspecified atom stereocenters. The molecule has 158 valence electrons. The molecule has 0 aliphatic heterocycles. The molecular formula is C19H22N6O4S. The number of hydrogen-bond donors (Lipinski definition) is 2. The normalized spacial score (nSPS) is 12.0. The van der Waals surface area contributed by atoms with Gasteiger partial charge in [-0.3, -0.25) is 14.6 Å². The molecule has 3 heterocycles. The molecule has 0 fully saturated rings. The predicted molar refractivity (Wildman–Crippen MR) is 110 cm³/mol. The molecule has 0 aliphatic carbocycles. The van der Waals surface area contributed by atoms with Crippen LogP contribution in [0.3, 0.4) is 0 Å². The van der Waals surface area contributed by atoms with E-state index >= 15 is 0 Å². The molecule has 3 aromatic heterocycles. The summed E-state index contributed by atoms with van der Waals surface area (Å²) in [5.41, 5.74) is 0.727. The number of rotatable bonds is 9. The zero-order valence-electron chi connectivity index (χ0n) is 16.8. The van der Waals surface area contributed by atoms with E-state index in [0.717, 1.165) is 5.56 Å². The Morgan fingerprint density at radius 1 is 1.17 bits per heavy atom. The van der Waals surface area contributed by atoms with Crippen molar-refractivity contribution in [2.75, 3.05) is 16.8 Å². The second-order valence-corrected chi connectivity index (χ2v) is 7.84. The molecule has 0 aliphatic rings. The fraction of sp³-hybridized carbons (Fsp3) is 0.368. The van der Waals surface area contributed by atoms with Crippen molar-refractivity contribution in [1.29, 1.82) is 0 Å². The van der Waals surface area contributed by atoms with Crippen LogP contribution < -0.4 is 10.6 Å². The van der Waals surface area contributed by atoms with E-state index in [0.29, 0.717) is 23.3 Å². The molecule has 0 bridgehead atoms. The lowest BCUT2D eigenvalue weighted by Crippen LogP contribution is -2.33. The number of hydrogen-bond acceptors (Lipinski definition) is 9. The summed E-state index contributed by atoms with van der Waals surface area (Å²) in [6.45, 7) is 5.62. The van der Waals surface area contributed by atoms with Gasteiger partial charge in [0, 0.05) is 24.0 Å². The van der Waals surface area contributed by atoms with E-state index in [2.05, 4.69) is 30.9 Å². The minimum Gasteiger partial charge on any atom is -0.360 e. The minimum absolute atomic E-state index is 0.0276. The number of aryl methyl sites for hydroxylation is 1. The van der Waals surface area contributed by atoms with E-state index < -0.39 is 6.04 Å². The van der Waals surface area contributed by atoms with Gasteiger partial charge in [-0.1, -0.05) is 24.2 Å². The van der Waals surface area contributed by atoms with Gasteiger partial charge in [0.2, 0.25) is 23.5 Å². The first-order valence-corrected chi connectivity index (χ1v) is 10.4. The van der Waals surface area contributed by atoms with Gasteiger partial charge in [0.1, 0.15) is 11.8 Å². The summed E-state index contributed by atoms with van der Waals surface area (Å²) in [6, 6.07) is 4.78. The molecule has 0 spiro atoms. The largest absolute Gasteiger partial charge is 0.360 e. The summed E-state index contributed by atoms with van der Waals surface area (Å²) in [5.74, 6) is 1.43. The molecule has 0 radical (unpaired) electrons. The van der Waals surface area contributed by atoms with Gasteiger partial charge in [0.15, 0.2) is 5.82 Å². The number of thioether (sulfide) groups is 1. The lowest BCUT2D eigenvalue weighted by atomic mass is 10.0. The van der Waals surface area contributed by atoms with Gasteiger partial charge < -0.3 is 19.7 Å². The van der Waals surface area contributed by atoms with Crippen molar-refractivity contribution in [3.63, 3.8) is 0 Å². The maximum Gasteiger partial charge on any atom is 0.249 e. The molecule has 30 heavy (non-hydrogen) atoms. The molecular weight excluding hydrogens is 408 g/mol. The van der Waals surface area contributed by atoms with Crippen LogP contribution in [0, 0.1) is 12.8 Å². The lowest BCUT2D eigenvalue weighted by molar-refractivity contribution is -0.119. The highest BCUT2D eigenvalue weighted by Gasteiger charge is 2.25. The molecule has 0 saturated carbocycles. The van der Waals surface area contributed by atoms with E-state index in [1.165, 1.54) is 11.8 Å². The fourth-order valence-electron chi connectivity index (χ4n) is 2.54. The quantitative estimate of drug-likeness (QED) is 0.525. The van der Waals surface area contributed by atoms with Crippen molar-refractivity contribution >= 4 is 29.4 Å². The summed E-state index contributed by atoms with van der Waals surface area (Å²) >= 11 is 1.19. The third-order valence-electron chi connectivity index (χ3n) is 3.97. The van der Waals surface area contributed by atoms with Gasteiger partial charge >= 0.3 is 0 Å². The summed E-state index contributed by atoms with van der Waals surface area (Å²) in [5, 5.41) is 13.2. The van der Waals surface area contributed by atoms with Crippen LogP contribution >= 0.6 is 11.8 Å². The highest BCUT2D eigenvalue weighted by molar-refractivity contribution is 8.00. The van der Waals surface area contributed by atoms with Crippen molar-refractivity contribution in [2.24, 2.45) is 5.92 Å². The van der Waals surface area contributed by atoms with Crippen LogP contribution in [0.25, 0.3) is 11.4 Å². The van der Waals surface area contributed by atoms with Crippen molar-refractivity contribution in [3.8, 4) is 11.4 Å². The smallest absolute Gasteiger partial charge is 0.249 e. The zero-order chi connectivity index (χ0) is 21.5. The molecule has 2 N–H and O–H groups in total. The van der Waals surface area contributed by atoms with Crippen LogP contribution in [-0.2, 0) is 9.59 Å². The number of anilines is 1. The standard InChI is InChI=1S/C19H22N6O4S/c1-11(2)17(19-23-18(25-29-19)13-5-4-6-20-8-13)22-16(27)10-30-9-15(26)21-14-7-12(3)28-24-14/h4-8,11,17H,9-10H2,1-3H3,(H,22,27)(H,21,24,26). The number of nitrogens with one attached hydrogen (secondary N) is 2. The summed E-state index contributed by atoms with van der Waals surface area (Å²) in [7, 11) is 0. The number of aromatic nitrogens is 4. The first-order chi connectivity index (χ1) is 14.4. The molecule has 1 atom stereocenters. The number of pyridine rings is 1. The number of nitrogens with zero attached hydrogens (tertiary/aromatic N) is 4. The van der Waals surface area contributed by atoms with Crippen LogP contribution in [0.4, 0.5) is 5.82 Å². The van der Waals surface area contributed by atoms with E-state index in [4.69, 9.17) is 9.05 Å². The Hall–Kier alpha value is -3.21. The fourth-order valence-corrected chi connectivity index (χ4v) is 3.17. The second-order valence-electron chi connectivity index (χ2n) is 6.85. The van der Waals surface area contributed by atoms with Gasteiger partial charge in [-0.25, -0.2) is 0 Å². The minimum atomic E-state index is -0.442. The SMILES string of the molecule is Cc1cc(NC(=O)CSCC(=O)NC(c2nc(-c3cccnc3)no2)C(C)C)no1. The Morgan fingerprint density at radius 3 is 2.63 bits per heavy atom. The average molecular weight is 430 g/mol. The van der Waals surface area contributed by atoms with Gasteiger partial charge in [-0.2, -0.15) is 4.98 Å². The molecule has 0 aromatic carbocycles. The zero-order valence-corrected chi connectivity index (χ0v) is 17.6. The van der Waals surface area contributed by atoms with Crippen molar-refractivity contribution in [3.05, 3.63) is 42.2 Å². The van der Waals surface area contributed by atoms with Crippen LogP contribution in [-0.4, -0.2) is 43.6 Å². The number of amides is 2. The average Bonchev–Trinajstić information content (AvgIpc) is 3.36. The van der Waals surface area contributed by atoms with E-state index in [9.17, 15) is 9.59 Å². The molecule has 0 saturated heterocycles. The monoisotopic (exact) mass is 430 g/mol. The van der Waals surface area contributed by atoms with Crippen molar-refractivity contribution in [1.82, 2.24) is 25.6 Å². The van der Waals surface area contributed by atoms with Gasteiger partial charge in [0.05, 0.1) is 11.5 Å². The van der Waals surface area contributed by atoms with Gasteiger partial charge in [-0.05, 0) is 25.0 Å². The summed E-state index contributed by atoms with van der Waals surface area (Å²) < 4.78 is 10.3. The van der Waals surface area contributed by atoms with Crippen molar-refractivity contribution in [2.45, 2.75) is 26.8 Å². The Bertz CT molecular complexity index is 988. The summed E-state index contributed by atoms with van der Waals surface area (Å²) in [6.07, 6.45) is 3.30. The van der Waals surface area contributed by atoms with E-state index in [1.54, 1.807) is 31.5 Å². The maximum atomic E-state index is 12.4. The van der Waals surface area contributed by atoms with E-state index in [1.807, 2.05) is 19.9 Å². The molecule has 2 amide bonds. The molecule has 10 nitrogen and oxygen atoms in total. The highest BCUT2D eigenvalue weighted by Crippen LogP contribution is 2.23. The third kappa shape index (κ3) is 5.89. The van der Waals surface area contributed by atoms with E-state index in [-0.39, 0.29) is 29.2 Å². The second kappa shape index (κ2) is 10.0. The molecule has 3 rings (SSSR count). The van der Waals surface area contributed by atoms with Crippen LogP contribution in [0.2, 0.25) is 0 Å². The Labute approximate surface area is 177 Å². The lowest BCUT2D eigenvalue weighted by Gasteiger charge is -2.18. The number of carbonyl (C=O) groups excluding carboxylic acids is 2. The topological polar surface area (TPSA) is 136 Å². The van der Waals surface area contributed by atoms with Crippen molar-refractivity contribution < 1.29 is 18.6 Å². The molecule has 3 aromatic rings. The highest BCUT2D eigenvalue weighted by atomic mass is 32.2. The van der Waals surface area contributed by atoms with Crippen LogP contribution in [0.5, 0.6) is 0 Å². The van der Waals surface area contributed by atoms with Gasteiger partial charge in [0.25, 0.3) is 0 Å². The van der Waals surface area contributed by atoms with Crippen LogP contribution in [0.1, 0.15) is 31.5 Å². The third-order valence-corrected chi connectivity index (χ3v) is 4.91. The predicted octanol–water partition coefficient (Wildman–Crippen LogP) is 2.61. The van der Waals surface area contributed by atoms with Gasteiger partial charge in [-0.15, -0.1) is 11.8 Å². The maximum absolute atomic E-state index is 12.4. The Morgan fingerprint density at radius 2 is 1.97 bits per heavy atom. The number of carbonyl (C=O) groups is 2. The Kier molecular flexibility index (Phi) is 7.17. The summed E-state index contributed by atoms with van der Waals surface area (Å²) in [4.78, 5) is 32.7. The Balaban J connectivity index is 1.51. The molecule has 11 heteroatoms. The van der Waals surface area contributed by atoms with Crippen LogP contribution in [0.15, 0.2) is 39.6 Å². The first kappa shape index (κ1) is 21.5. The first-order valence-electron chi connectivity index (χ1n) is 9.26.